The number of cyclic esters (lactones) is 1. The second kappa shape index (κ2) is 10.5. The lowest BCUT2D eigenvalue weighted by Crippen LogP contribution is -2.56. The number of nitrogens with zero attached hydrogens (tertiary/aromatic N) is 3. The second-order valence-corrected chi connectivity index (χ2v) is 10.8. The summed E-state index contributed by atoms with van der Waals surface area (Å²) in [5.74, 6) is -4.77. The summed E-state index contributed by atoms with van der Waals surface area (Å²) >= 11 is 3.22. The van der Waals surface area contributed by atoms with Crippen molar-refractivity contribution < 1.29 is 32.3 Å². The van der Waals surface area contributed by atoms with E-state index >= 15 is 0 Å². The number of thiazole rings is 1. The molecule has 3 amide bonds. The van der Waals surface area contributed by atoms with Gasteiger partial charge in [0, 0.05) is 33.5 Å². The zero-order chi connectivity index (χ0) is 27.0. The molecule has 2 atom stereocenters. The molecule has 3 aromatic rings. The summed E-state index contributed by atoms with van der Waals surface area (Å²) in [5.41, 5.74) is 1.94. The van der Waals surface area contributed by atoms with Crippen LogP contribution in [-0.2, 0) is 14.3 Å². The minimum absolute atomic E-state index is 0.0475. The highest BCUT2D eigenvalue weighted by atomic mass is 127. The van der Waals surface area contributed by atoms with Crippen molar-refractivity contribution in [3.8, 4) is 0 Å². The minimum Gasteiger partial charge on any atom is -0.446 e. The molecule has 13 heteroatoms. The maximum Gasteiger partial charge on any atom is 0.416 e. The van der Waals surface area contributed by atoms with Crippen LogP contribution in [0.2, 0.25) is 0 Å². The Hall–Kier alpha value is -3.20. The van der Waals surface area contributed by atoms with Gasteiger partial charge in [0.05, 0.1) is 5.51 Å². The number of alkyl halides is 2. The number of hydrogen-bond acceptors (Lipinski definition) is 6. The topological polar surface area (TPSA) is 91.8 Å². The van der Waals surface area contributed by atoms with E-state index in [4.69, 9.17) is 4.74 Å². The average Bonchev–Trinajstić information content (AvgIpc) is 3.51. The third-order valence-electron chi connectivity index (χ3n) is 6.29. The monoisotopic (exact) mass is 656 g/mol. The summed E-state index contributed by atoms with van der Waals surface area (Å²) < 4.78 is 47.2. The van der Waals surface area contributed by atoms with Gasteiger partial charge in [-0.3, -0.25) is 14.5 Å². The third-order valence-corrected chi connectivity index (χ3v) is 7.85. The van der Waals surface area contributed by atoms with E-state index in [1.807, 2.05) is 22.6 Å². The van der Waals surface area contributed by atoms with E-state index in [0.717, 1.165) is 15.9 Å². The first kappa shape index (κ1) is 26.4. The molecule has 0 unspecified atom stereocenters. The number of amides is 3. The van der Waals surface area contributed by atoms with Crippen molar-refractivity contribution in [2.75, 3.05) is 16.4 Å². The van der Waals surface area contributed by atoms with Crippen molar-refractivity contribution >= 4 is 63.3 Å². The van der Waals surface area contributed by atoms with Crippen LogP contribution in [0, 0.1) is 9.39 Å². The van der Waals surface area contributed by atoms with Crippen LogP contribution in [0.5, 0.6) is 0 Å². The zero-order valence-corrected chi connectivity index (χ0v) is 22.5. The molecule has 2 fully saturated rings. The van der Waals surface area contributed by atoms with E-state index in [1.165, 1.54) is 35.0 Å². The van der Waals surface area contributed by atoms with Gasteiger partial charge in [-0.15, -0.1) is 11.3 Å². The van der Waals surface area contributed by atoms with E-state index in [2.05, 4.69) is 10.3 Å². The fourth-order valence-electron chi connectivity index (χ4n) is 4.51. The van der Waals surface area contributed by atoms with Crippen molar-refractivity contribution in [1.29, 1.82) is 0 Å². The number of anilines is 2. The van der Waals surface area contributed by atoms with Crippen LogP contribution in [0.3, 0.4) is 0 Å². The number of carbonyl (C=O) groups excluding carboxylic acids is 3. The van der Waals surface area contributed by atoms with E-state index in [9.17, 15) is 27.6 Å². The molecule has 1 saturated heterocycles. The largest absolute Gasteiger partial charge is 0.446 e. The first-order valence-corrected chi connectivity index (χ1v) is 13.5. The van der Waals surface area contributed by atoms with Crippen LogP contribution in [0.15, 0.2) is 59.4 Å². The molecule has 2 heterocycles. The normalized spacial score (nSPS) is 19.4. The molecule has 2 aromatic carbocycles. The van der Waals surface area contributed by atoms with Crippen molar-refractivity contribution in [1.82, 2.24) is 10.3 Å². The highest BCUT2D eigenvalue weighted by Crippen LogP contribution is 2.39. The van der Waals surface area contributed by atoms with E-state index in [-0.39, 0.29) is 18.1 Å². The molecular formula is C25H20F3IN4O4S. The smallest absolute Gasteiger partial charge is 0.416 e. The predicted molar refractivity (Wildman–Crippen MR) is 142 cm³/mol. The maximum atomic E-state index is 14.4. The zero-order valence-electron chi connectivity index (χ0n) is 19.5. The van der Waals surface area contributed by atoms with Crippen LogP contribution in [-0.4, -0.2) is 47.5 Å². The summed E-state index contributed by atoms with van der Waals surface area (Å²) in [4.78, 5) is 46.8. The van der Waals surface area contributed by atoms with Crippen molar-refractivity contribution in [3.63, 3.8) is 0 Å². The lowest BCUT2D eigenvalue weighted by molar-refractivity contribution is -0.133. The van der Waals surface area contributed by atoms with Crippen molar-refractivity contribution in [3.05, 3.63) is 74.4 Å². The second-order valence-electron chi connectivity index (χ2n) is 8.89. The molecule has 1 N–H and O–H groups in total. The number of carbonyl (C=O) groups is 3. The number of halogens is 4. The molecule has 5 rings (SSSR count). The Morgan fingerprint density at radius 3 is 2.63 bits per heavy atom. The number of rotatable bonds is 7. The summed E-state index contributed by atoms with van der Waals surface area (Å²) in [6.45, 7) is -0.323. The average molecular weight is 656 g/mol. The lowest BCUT2D eigenvalue weighted by Gasteiger charge is -2.39. The van der Waals surface area contributed by atoms with Crippen molar-refractivity contribution in [2.24, 2.45) is 0 Å². The van der Waals surface area contributed by atoms with Gasteiger partial charge in [0.15, 0.2) is 6.04 Å². The van der Waals surface area contributed by atoms with E-state index < -0.39 is 60.6 Å². The molecule has 1 aromatic heterocycles. The number of nitrogens with one attached hydrogen (secondary N) is 1. The summed E-state index contributed by atoms with van der Waals surface area (Å²) in [7, 11) is 0. The van der Waals surface area contributed by atoms with Gasteiger partial charge in [-0.1, -0.05) is 24.3 Å². The Balaban J connectivity index is 1.59. The molecule has 198 valence electrons. The molecule has 0 bridgehead atoms. The van der Waals surface area contributed by atoms with Gasteiger partial charge in [0.2, 0.25) is 5.91 Å². The molecule has 8 nitrogen and oxygen atoms in total. The molecule has 0 spiro atoms. The van der Waals surface area contributed by atoms with Crippen LogP contribution >= 0.6 is 33.9 Å². The molecule has 1 aliphatic heterocycles. The number of ether oxygens (including phenoxy) is 1. The quantitative estimate of drug-likeness (QED) is 0.366. The number of aromatic nitrogens is 1. The summed E-state index contributed by atoms with van der Waals surface area (Å²) in [5, 5.41) is 4.19. The maximum absolute atomic E-state index is 14.4. The fraction of sp³-hybridized carbons (Fsp3) is 0.280. The molecule has 2 aliphatic rings. The Labute approximate surface area is 232 Å². The Bertz CT molecular complexity index is 1370. The van der Waals surface area contributed by atoms with Crippen LogP contribution in [0.4, 0.5) is 29.5 Å². The van der Waals surface area contributed by atoms with Gasteiger partial charge in [-0.25, -0.2) is 27.8 Å². The Kier molecular flexibility index (Phi) is 7.31. The standard InChI is InChI=1S/C25H20F3IN4O4S/c26-14-4-3-5-16(8-14)32(23(35)19-11-37-24(36)33(19)20-12-38-13-30-20)21(17-6-1-2-7-18(17)29)22(34)31-15-9-25(27,28)10-15/h1-8,12-13,15,19,21H,9-11H2,(H,31,34)/t19-,21-/m0/s1. The third kappa shape index (κ3) is 5.21. The molecule has 0 radical (unpaired) electrons. The first-order chi connectivity index (χ1) is 18.1. The molecule has 38 heavy (non-hydrogen) atoms. The summed E-state index contributed by atoms with van der Waals surface area (Å²) in [6, 6.07) is 8.55. The van der Waals surface area contributed by atoms with Gasteiger partial charge < -0.3 is 10.1 Å². The summed E-state index contributed by atoms with van der Waals surface area (Å²) in [6.07, 6.45) is -1.83. The first-order valence-electron chi connectivity index (χ1n) is 11.5. The predicted octanol–water partition coefficient (Wildman–Crippen LogP) is 4.90. The Morgan fingerprint density at radius 2 is 1.97 bits per heavy atom. The Morgan fingerprint density at radius 1 is 1.21 bits per heavy atom. The van der Waals surface area contributed by atoms with Gasteiger partial charge >= 0.3 is 6.09 Å². The van der Waals surface area contributed by atoms with E-state index in [1.54, 1.807) is 29.6 Å². The van der Waals surface area contributed by atoms with Gasteiger partial charge in [-0.2, -0.15) is 0 Å². The fourth-order valence-corrected chi connectivity index (χ4v) is 5.72. The number of hydrogen-bond donors (Lipinski definition) is 1. The van der Waals surface area contributed by atoms with Crippen molar-refractivity contribution in [2.45, 2.75) is 36.9 Å². The van der Waals surface area contributed by atoms with Crippen LogP contribution < -0.4 is 15.1 Å². The lowest BCUT2D eigenvalue weighted by atomic mass is 9.87. The SMILES string of the molecule is O=C(NC1CC(F)(F)C1)[C@H](c1ccccc1I)N(C(=O)[C@@H]1COC(=O)N1c1cscn1)c1cccc(F)c1. The highest BCUT2D eigenvalue weighted by Gasteiger charge is 2.49. The highest BCUT2D eigenvalue weighted by molar-refractivity contribution is 14.1. The van der Waals surface area contributed by atoms with Crippen LogP contribution in [0.1, 0.15) is 24.4 Å². The van der Waals surface area contributed by atoms with E-state index in [0.29, 0.717) is 9.13 Å². The van der Waals surface area contributed by atoms with Gasteiger partial charge in [-0.05, 0) is 52.4 Å². The van der Waals surface area contributed by atoms with Gasteiger partial charge in [0.25, 0.3) is 11.8 Å². The molecular weight excluding hydrogens is 636 g/mol. The molecule has 1 aliphatic carbocycles. The van der Waals surface area contributed by atoms with Gasteiger partial charge in [0.1, 0.15) is 24.3 Å². The number of benzene rings is 2. The molecule has 1 saturated carbocycles. The van der Waals surface area contributed by atoms with Crippen LogP contribution in [0.25, 0.3) is 0 Å². The minimum atomic E-state index is -2.87.